The molecular weight excluding hydrogens is 298 g/mol. The molecule has 1 aliphatic carbocycles. The van der Waals surface area contributed by atoms with Crippen molar-refractivity contribution in [2.45, 2.75) is 50.7 Å². The lowest BCUT2D eigenvalue weighted by Gasteiger charge is -2.48. The van der Waals surface area contributed by atoms with Crippen LogP contribution in [0.25, 0.3) is 0 Å². The average molecular weight is 321 g/mol. The molecule has 126 valence electrons. The van der Waals surface area contributed by atoms with Gasteiger partial charge in [-0.1, -0.05) is 12.8 Å². The second-order valence-corrected chi connectivity index (χ2v) is 7.09. The highest BCUT2D eigenvalue weighted by Gasteiger charge is 2.47. The van der Waals surface area contributed by atoms with Crippen LogP contribution < -0.4 is 10.2 Å². The first kappa shape index (κ1) is 16.1. The van der Waals surface area contributed by atoms with Crippen LogP contribution in [0.1, 0.15) is 50.1 Å². The molecule has 1 aliphatic heterocycles. The fourth-order valence-corrected chi connectivity index (χ4v) is 3.75. The second kappa shape index (κ2) is 5.67. The maximum atomic E-state index is 12.8. The number of carbonyl (C=O) groups excluding carboxylic acids is 1. The van der Waals surface area contributed by atoms with Crippen LogP contribution >= 0.6 is 0 Å². The van der Waals surface area contributed by atoms with Gasteiger partial charge in [-0.25, -0.2) is 0 Å². The van der Waals surface area contributed by atoms with Crippen molar-refractivity contribution in [1.29, 1.82) is 0 Å². The fraction of sp³-hybridized carbons (Fsp3) is 0.647. The number of ether oxygens (including phenoxy) is 2. The molecule has 0 aromatic carbocycles. The van der Waals surface area contributed by atoms with Crippen molar-refractivity contribution >= 4 is 5.91 Å². The van der Waals surface area contributed by atoms with Gasteiger partial charge in [0.25, 0.3) is 5.91 Å². The van der Waals surface area contributed by atoms with Crippen LogP contribution in [0, 0.1) is 0 Å². The van der Waals surface area contributed by atoms with Crippen LogP contribution in [0.4, 0.5) is 0 Å². The highest BCUT2D eigenvalue weighted by atomic mass is 16.5. The molecule has 1 aromatic rings. The lowest BCUT2D eigenvalue weighted by Crippen LogP contribution is -2.60. The third kappa shape index (κ3) is 3.13. The third-order valence-corrected chi connectivity index (χ3v) is 4.57. The first-order valence-corrected chi connectivity index (χ1v) is 8.00. The average Bonchev–Trinajstić information content (AvgIpc) is 2.91. The molecule has 2 heterocycles. The number of methoxy groups -OCH3 is 1. The minimum atomic E-state index is -0.412. The van der Waals surface area contributed by atoms with Crippen LogP contribution in [-0.4, -0.2) is 42.2 Å². The summed E-state index contributed by atoms with van der Waals surface area (Å²) in [5.41, 5.74) is -1.03. The summed E-state index contributed by atoms with van der Waals surface area (Å²) >= 11 is 0. The molecule has 1 saturated heterocycles. The van der Waals surface area contributed by atoms with Gasteiger partial charge in [-0.15, -0.1) is 0 Å². The highest BCUT2D eigenvalue weighted by molar-refractivity contribution is 5.91. The Labute approximate surface area is 135 Å². The zero-order chi connectivity index (χ0) is 16.7. The van der Waals surface area contributed by atoms with Gasteiger partial charge in [0.1, 0.15) is 6.26 Å². The normalized spacial score (nSPS) is 22.3. The Hall–Kier alpha value is -1.82. The summed E-state index contributed by atoms with van der Waals surface area (Å²) < 4.78 is 16.5. The minimum absolute atomic E-state index is 0.0432. The van der Waals surface area contributed by atoms with Gasteiger partial charge in [0.05, 0.1) is 24.9 Å². The Balaban J connectivity index is 1.86. The SMILES string of the molecule is COc1coc(C(=O)N2CC(C)(C)OC3(CCCC3)C2)cc1=O. The Morgan fingerprint density at radius 3 is 2.57 bits per heavy atom. The molecule has 2 fully saturated rings. The number of nitrogens with zero attached hydrogens (tertiary/aromatic N) is 1. The van der Waals surface area contributed by atoms with E-state index in [0.29, 0.717) is 13.1 Å². The molecule has 1 amide bonds. The van der Waals surface area contributed by atoms with Crippen LogP contribution in [0.15, 0.2) is 21.5 Å². The Bertz CT molecular complexity index is 657. The van der Waals surface area contributed by atoms with Gasteiger partial charge in [0.2, 0.25) is 11.2 Å². The van der Waals surface area contributed by atoms with Crippen LogP contribution in [0.2, 0.25) is 0 Å². The monoisotopic (exact) mass is 321 g/mol. The van der Waals surface area contributed by atoms with Crippen molar-refractivity contribution in [1.82, 2.24) is 4.90 Å². The summed E-state index contributed by atoms with van der Waals surface area (Å²) in [5.74, 6) is -0.134. The van der Waals surface area contributed by atoms with Gasteiger partial charge in [-0.3, -0.25) is 9.59 Å². The predicted octanol–water partition coefficient (Wildman–Crippen LogP) is 2.21. The van der Waals surface area contributed by atoms with Gasteiger partial charge in [0, 0.05) is 12.6 Å². The van der Waals surface area contributed by atoms with Gasteiger partial charge in [-0.2, -0.15) is 0 Å². The standard InChI is InChI=1S/C17H23NO5/c1-16(2)10-18(11-17(23-16)6-4-5-7-17)15(20)13-8-12(19)14(21-3)9-22-13/h8-9H,4-7,10-11H2,1-3H3. The molecule has 0 N–H and O–H groups in total. The van der Waals surface area contributed by atoms with Crippen molar-refractivity contribution in [3.63, 3.8) is 0 Å². The van der Waals surface area contributed by atoms with E-state index in [-0.39, 0.29) is 28.4 Å². The summed E-state index contributed by atoms with van der Waals surface area (Å²) in [6, 6.07) is 1.20. The largest absolute Gasteiger partial charge is 0.490 e. The van der Waals surface area contributed by atoms with Gasteiger partial charge in [-0.05, 0) is 26.7 Å². The topological polar surface area (TPSA) is 69.0 Å². The first-order chi connectivity index (χ1) is 10.8. The number of rotatable bonds is 2. The van der Waals surface area contributed by atoms with Crippen molar-refractivity contribution in [2.75, 3.05) is 20.2 Å². The molecule has 0 bridgehead atoms. The second-order valence-electron chi connectivity index (χ2n) is 7.09. The van der Waals surface area contributed by atoms with E-state index in [4.69, 9.17) is 13.9 Å². The summed E-state index contributed by atoms with van der Waals surface area (Å²) in [4.78, 5) is 26.4. The molecular formula is C17H23NO5. The zero-order valence-corrected chi connectivity index (χ0v) is 13.9. The van der Waals surface area contributed by atoms with Gasteiger partial charge >= 0.3 is 0 Å². The van der Waals surface area contributed by atoms with E-state index in [1.165, 1.54) is 19.4 Å². The van der Waals surface area contributed by atoms with E-state index in [2.05, 4.69) is 0 Å². The first-order valence-electron chi connectivity index (χ1n) is 8.00. The Kier molecular flexibility index (Phi) is 3.96. The zero-order valence-electron chi connectivity index (χ0n) is 13.9. The molecule has 0 radical (unpaired) electrons. The molecule has 1 saturated carbocycles. The van der Waals surface area contributed by atoms with Crippen LogP contribution in [0.5, 0.6) is 5.75 Å². The highest BCUT2D eigenvalue weighted by Crippen LogP contribution is 2.40. The molecule has 6 heteroatoms. The summed E-state index contributed by atoms with van der Waals surface area (Å²) in [6.07, 6.45) is 5.36. The lowest BCUT2D eigenvalue weighted by molar-refractivity contribution is -0.185. The number of hydrogen-bond donors (Lipinski definition) is 0. The summed E-state index contributed by atoms with van der Waals surface area (Å²) in [7, 11) is 1.39. The van der Waals surface area contributed by atoms with Crippen molar-refractivity contribution in [2.24, 2.45) is 0 Å². The molecule has 0 atom stereocenters. The van der Waals surface area contributed by atoms with Crippen molar-refractivity contribution in [3.8, 4) is 5.75 Å². The Morgan fingerprint density at radius 1 is 1.26 bits per heavy atom. The van der Waals surface area contributed by atoms with E-state index < -0.39 is 5.60 Å². The lowest BCUT2D eigenvalue weighted by atomic mass is 9.94. The van der Waals surface area contributed by atoms with Crippen LogP contribution in [-0.2, 0) is 4.74 Å². The maximum absolute atomic E-state index is 12.8. The third-order valence-electron chi connectivity index (χ3n) is 4.57. The molecule has 23 heavy (non-hydrogen) atoms. The number of morpholine rings is 1. The number of carbonyl (C=O) groups is 1. The summed E-state index contributed by atoms with van der Waals surface area (Å²) in [6.45, 7) is 5.02. The van der Waals surface area contributed by atoms with E-state index in [1.54, 1.807) is 4.90 Å². The predicted molar refractivity (Wildman–Crippen MR) is 83.8 cm³/mol. The molecule has 1 spiro atoms. The number of hydrogen-bond acceptors (Lipinski definition) is 5. The van der Waals surface area contributed by atoms with Crippen molar-refractivity contribution in [3.05, 3.63) is 28.3 Å². The van der Waals surface area contributed by atoms with E-state index in [1.807, 2.05) is 13.8 Å². The van der Waals surface area contributed by atoms with Gasteiger partial charge in [0.15, 0.2) is 5.76 Å². The maximum Gasteiger partial charge on any atom is 0.289 e. The van der Waals surface area contributed by atoms with E-state index in [0.717, 1.165) is 25.7 Å². The quantitative estimate of drug-likeness (QED) is 0.835. The Morgan fingerprint density at radius 2 is 1.96 bits per heavy atom. The van der Waals surface area contributed by atoms with E-state index in [9.17, 15) is 9.59 Å². The molecule has 1 aromatic heterocycles. The fourth-order valence-electron chi connectivity index (χ4n) is 3.75. The number of amides is 1. The summed E-state index contributed by atoms with van der Waals surface area (Å²) in [5, 5.41) is 0. The van der Waals surface area contributed by atoms with E-state index >= 15 is 0 Å². The van der Waals surface area contributed by atoms with Gasteiger partial charge < -0.3 is 18.8 Å². The van der Waals surface area contributed by atoms with Crippen molar-refractivity contribution < 1.29 is 18.7 Å². The van der Waals surface area contributed by atoms with Crippen LogP contribution in [0.3, 0.4) is 0 Å². The molecule has 2 aliphatic rings. The molecule has 6 nitrogen and oxygen atoms in total. The smallest absolute Gasteiger partial charge is 0.289 e. The molecule has 3 rings (SSSR count). The molecule has 0 unspecified atom stereocenters. The minimum Gasteiger partial charge on any atom is -0.490 e.